The molecule has 1 saturated heterocycles. The number of nitrogens with zero attached hydrogens (tertiary/aromatic N) is 5. The second-order valence-corrected chi connectivity index (χ2v) is 7.59. The molecule has 0 radical (unpaired) electrons. The number of thiazole rings is 1. The van der Waals surface area contributed by atoms with E-state index in [0.717, 1.165) is 0 Å². The average Bonchev–Trinajstić information content (AvgIpc) is 3.25. The molecule has 3 aromatic rings. The lowest BCUT2D eigenvalue weighted by atomic mass is 10.1. The van der Waals surface area contributed by atoms with Crippen molar-refractivity contribution in [3.05, 3.63) is 42.0 Å². The number of amides is 1. The first-order chi connectivity index (χ1) is 14.0. The number of carbonyl (C=O) groups is 1. The Morgan fingerprint density at radius 2 is 1.97 bits per heavy atom. The van der Waals surface area contributed by atoms with E-state index in [1.807, 2.05) is 11.4 Å². The lowest BCUT2D eigenvalue weighted by Gasteiger charge is -2.31. The van der Waals surface area contributed by atoms with Crippen LogP contribution in [-0.2, 0) is 4.79 Å². The van der Waals surface area contributed by atoms with Crippen molar-refractivity contribution in [1.82, 2.24) is 24.8 Å². The zero-order valence-corrected chi connectivity index (χ0v) is 16.2. The topological polar surface area (TPSA) is 83.9 Å². The maximum Gasteiger partial charge on any atom is 0.250 e. The van der Waals surface area contributed by atoms with Crippen molar-refractivity contribution >= 4 is 23.1 Å². The molecule has 0 unspecified atom stereocenters. The Hall–Kier alpha value is -2.85. The summed E-state index contributed by atoms with van der Waals surface area (Å²) in [5.41, 5.74) is 1.14. The van der Waals surface area contributed by atoms with E-state index in [0.29, 0.717) is 28.0 Å². The first kappa shape index (κ1) is 19.5. The number of likely N-dealkylation sites (tertiary alicyclic amines) is 1. The van der Waals surface area contributed by atoms with Crippen LogP contribution in [0.4, 0.5) is 14.6 Å². The van der Waals surface area contributed by atoms with Crippen LogP contribution >= 0.6 is 11.3 Å². The molecule has 7 nitrogen and oxygen atoms in total. The summed E-state index contributed by atoms with van der Waals surface area (Å²) >= 11 is 1.42. The SMILES string of the molecule is O=C(CN1CCC(F)(F)CC1)Nc1cc(-c2nccs2)nc(-c2ccccn2)n1. The Labute approximate surface area is 169 Å². The van der Waals surface area contributed by atoms with Crippen molar-refractivity contribution in [2.45, 2.75) is 18.8 Å². The standard InChI is InChI=1S/C19H18F2N6OS/c20-19(21)4-8-27(9-5-19)12-16(28)25-15-11-14(18-23-7-10-29-18)24-17(26-15)13-3-1-2-6-22-13/h1-3,6-7,10-11H,4-5,8-9,12H2,(H,24,25,26,28). The number of halogens is 2. The van der Waals surface area contributed by atoms with E-state index in [4.69, 9.17) is 0 Å². The second-order valence-electron chi connectivity index (χ2n) is 6.69. The van der Waals surface area contributed by atoms with Crippen molar-refractivity contribution in [2.24, 2.45) is 0 Å². The molecule has 0 aromatic carbocycles. The molecule has 0 saturated carbocycles. The third-order valence-electron chi connectivity index (χ3n) is 4.49. The maximum absolute atomic E-state index is 13.3. The lowest BCUT2D eigenvalue weighted by molar-refractivity contribution is -0.119. The molecule has 1 amide bonds. The molecule has 4 heterocycles. The van der Waals surface area contributed by atoms with Gasteiger partial charge in [-0.3, -0.25) is 14.7 Å². The van der Waals surface area contributed by atoms with Gasteiger partial charge in [0.15, 0.2) is 5.82 Å². The number of hydrogen-bond acceptors (Lipinski definition) is 7. The molecular formula is C19H18F2N6OS. The van der Waals surface area contributed by atoms with E-state index in [9.17, 15) is 13.6 Å². The first-order valence-corrected chi connectivity index (χ1v) is 9.97. The number of nitrogens with one attached hydrogen (secondary N) is 1. The van der Waals surface area contributed by atoms with E-state index in [1.165, 1.54) is 11.3 Å². The molecule has 29 heavy (non-hydrogen) atoms. The third kappa shape index (κ3) is 4.96. The highest BCUT2D eigenvalue weighted by Crippen LogP contribution is 2.28. The largest absolute Gasteiger partial charge is 0.309 e. The second kappa shape index (κ2) is 8.26. The molecule has 10 heteroatoms. The van der Waals surface area contributed by atoms with E-state index >= 15 is 0 Å². The highest BCUT2D eigenvalue weighted by Gasteiger charge is 2.34. The van der Waals surface area contributed by atoms with Crippen LogP contribution in [0.15, 0.2) is 42.0 Å². The third-order valence-corrected chi connectivity index (χ3v) is 5.29. The first-order valence-electron chi connectivity index (χ1n) is 9.09. The number of hydrogen-bond donors (Lipinski definition) is 1. The van der Waals surface area contributed by atoms with E-state index in [2.05, 4.69) is 25.3 Å². The van der Waals surface area contributed by atoms with Crippen LogP contribution in [0.25, 0.3) is 22.2 Å². The van der Waals surface area contributed by atoms with E-state index < -0.39 is 5.92 Å². The molecule has 0 aliphatic carbocycles. The number of carbonyl (C=O) groups excluding carboxylic acids is 1. The van der Waals surface area contributed by atoms with E-state index in [1.54, 1.807) is 35.5 Å². The van der Waals surface area contributed by atoms with Gasteiger partial charge in [-0.1, -0.05) is 6.07 Å². The van der Waals surface area contributed by atoms with Crippen molar-refractivity contribution in [1.29, 1.82) is 0 Å². The Morgan fingerprint density at radius 1 is 1.14 bits per heavy atom. The summed E-state index contributed by atoms with van der Waals surface area (Å²) in [5, 5.41) is 5.28. The number of aromatic nitrogens is 4. The van der Waals surface area contributed by atoms with Crippen LogP contribution in [0.2, 0.25) is 0 Å². The summed E-state index contributed by atoms with van der Waals surface area (Å²) in [6.45, 7) is 0.410. The van der Waals surface area contributed by atoms with Gasteiger partial charge in [0.25, 0.3) is 5.92 Å². The minimum atomic E-state index is -2.64. The Morgan fingerprint density at radius 3 is 2.66 bits per heavy atom. The average molecular weight is 416 g/mol. The van der Waals surface area contributed by atoms with Crippen molar-refractivity contribution in [3.8, 4) is 22.2 Å². The Balaban J connectivity index is 1.53. The maximum atomic E-state index is 13.3. The van der Waals surface area contributed by atoms with E-state index in [-0.39, 0.29) is 38.4 Å². The van der Waals surface area contributed by atoms with Crippen LogP contribution in [0, 0.1) is 0 Å². The number of rotatable bonds is 5. The van der Waals surface area contributed by atoms with Crippen LogP contribution in [0.3, 0.4) is 0 Å². The summed E-state index contributed by atoms with van der Waals surface area (Å²) in [5.74, 6) is -2.27. The molecule has 1 aliphatic rings. The summed E-state index contributed by atoms with van der Waals surface area (Å²) in [6, 6.07) is 7.04. The molecule has 0 atom stereocenters. The van der Waals surface area contributed by atoms with Gasteiger partial charge >= 0.3 is 0 Å². The normalized spacial score (nSPS) is 16.5. The van der Waals surface area contributed by atoms with Gasteiger partial charge in [-0.15, -0.1) is 11.3 Å². The molecule has 3 aromatic heterocycles. The molecule has 150 valence electrons. The quantitative estimate of drug-likeness (QED) is 0.687. The summed E-state index contributed by atoms with van der Waals surface area (Å²) in [4.78, 5) is 31.6. The van der Waals surface area contributed by atoms with Gasteiger partial charge in [0.2, 0.25) is 5.91 Å². The van der Waals surface area contributed by atoms with Gasteiger partial charge in [-0.25, -0.2) is 23.7 Å². The molecule has 1 N–H and O–H groups in total. The number of piperidine rings is 1. The summed E-state index contributed by atoms with van der Waals surface area (Å²) in [7, 11) is 0. The number of anilines is 1. The monoisotopic (exact) mass is 416 g/mol. The van der Waals surface area contributed by atoms with Crippen molar-refractivity contribution < 1.29 is 13.6 Å². The number of pyridine rings is 1. The van der Waals surface area contributed by atoms with Crippen LogP contribution in [0.1, 0.15) is 12.8 Å². The molecule has 1 aliphatic heterocycles. The molecule has 0 bridgehead atoms. The molecular weight excluding hydrogens is 398 g/mol. The van der Waals surface area contributed by atoms with Gasteiger partial charge in [0, 0.05) is 49.8 Å². The van der Waals surface area contributed by atoms with Crippen molar-refractivity contribution in [3.63, 3.8) is 0 Å². The van der Waals surface area contributed by atoms with Crippen molar-refractivity contribution in [2.75, 3.05) is 25.0 Å². The zero-order chi connectivity index (χ0) is 20.3. The minimum Gasteiger partial charge on any atom is -0.309 e. The lowest BCUT2D eigenvalue weighted by Crippen LogP contribution is -2.43. The summed E-state index contributed by atoms with van der Waals surface area (Å²) in [6.07, 6.45) is 2.85. The highest BCUT2D eigenvalue weighted by atomic mass is 32.1. The fourth-order valence-electron chi connectivity index (χ4n) is 3.00. The smallest absolute Gasteiger partial charge is 0.250 e. The predicted molar refractivity (Wildman–Crippen MR) is 106 cm³/mol. The fraction of sp³-hybridized carbons (Fsp3) is 0.316. The van der Waals surface area contributed by atoms with Gasteiger partial charge in [0.05, 0.1) is 6.54 Å². The van der Waals surface area contributed by atoms with Crippen LogP contribution < -0.4 is 5.32 Å². The van der Waals surface area contributed by atoms with Gasteiger partial charge in [-0.05, 0) is 12.1 Å². The van der Waals surface area contributed by atoms with Crippen LogP contribution in [0.5, 0.6) is 0 Å². The predicted octanol–water partition coefficient (Wildman–Crippen LogP) is 3.33. The molecule has 1 fully saturated rings. The zero-order valence-electron chi connectivity index (χ0n) is 15.4. The Kier molecular flexibility index (Phi) is 5.54. The highest BCUT2D eigenvalue weighted by molar-refractivity contribution is 7.13. The molecule has 4 rings (SSSR count). The minimum absolute atomic E-state index is 0.0333. The summed E-state index contributed by atoms with van der Waals surface area (Å²) < 4.78 is 26.6. The fourth-order valence-corrected chi connectivity index (χ4v) is 3.60. The number of alkyl halides is 2. The van der Waals surface area contributed by atoms with Gasteiger partial charge < -0.3 is 5.32 Å². The van der Waals surface area contributed by atoms with Crippen LogP contribution in [-0.4, -0.2) is 56.3 Å². The van der Waals surface area contributed by atoms with Gasteiger partial charge in [0.1, 0.15) is 22.2 Å². The van der Waals surface area contributed by atoms with Gasteiger partial charge in [-0.2, -0.15) is 0 Å². The Bertz CT molecular complexity index is 974. The molecule has 0 spiro atoms.